The molecule has 0 unspecified atom stereocenters. The fourth-order valence-electron chi connectivity index (χ4n) is 1.44. The average Bonchev–Trinajstić information content (AvgIpc) is 2.42. The maximum Gasteiger partial charge on any atom is 0.237 e. The first-order valence-corrected chi connectivity index (χ1v) is 5.32. The zero-order valence-electron chi connectivity index (χ0n) is 9.50. The molecular weight excluding hydrogens is 226 g/mol. The average molecular weight is 235 g/mol. The van der Waals surface area contributed by atoms with Gasteiger partial charge >= 0.3 is 0 Å². The van der Waals surface area contributed by atoms with Gasteiger partial charge in [0.2, 0.25) is 5.88 Å². The molecule has 0 fully saturated rings. The van der Waals surface area contributed by atoms with E-state index in [4.69, 9.17) is 15.3 Å². The number of hydrogen-bond acceptors (Lipinski definition) is 4. The van der Waals surface area contributed by atoms with Crippen molar-refractivity contribution in [3.05, 3.63) is 53.7 Å². The third-order valence-electron chi connectivity index (χ3n) is 2.31. The van der Waals surface area contributed by atoms with E-state index < -0.39 is 0 Å². The Kier molecular flexibility index (Phi) is 3.53. The van der Waals surface area contributed by atoms with Crippen LogP contribution >= 0.6 is 0 Å². The zero-order valence-corrected chi connectivity index (χ0v) is 9.50. The lowest BCUT2D eigenvalue weighted by molar-refractivity contribution is 0.461. The monoisotopic (exact) mass is 235 g/mol. The maximum absolute atomic E-state index is 8.90. The second-order valence-corrected chi connectivity index (χ2v) is 3.55. The molecule has 1 aromatic heterocycles. The molecular formula is C14H9N3O. The molecule has 0 radical (unpaired) electrons. The molecule has 0 N–H and O–H groups in total. The van der Waals surface area contributed by atoms with Crippen molar-refractivity contribution in [1.82, 2.24) is 4.98 Å². The number of ether oxygens (including phenoxy) is 1. The van der Waals surface area contributed by atoms with Gasteiger partial charge in [-0.25, -0.2) is 4.98 Å². The van der Waals surface area contributed by atoms with E-state index >= 15 is 0 Å². The van der Waals surface area contributed by atoms with Crippen molar-refractivity contribution < 1.29 is 4.74 Å². The van der Waals surface area contributed by atoms with Crippen molar-refractivity contribution in [3.8, 4) is 23.8 Å². The molecule has 0 atom stereocenters. The molecule has 0 saturated heterocycles. The zero-order chi connectivity index (χ0) is 12.8. The van der Waals surface area contributed by atoms with Crippen LogP contribution in [0.3, 0.4) is 0 Å². The molecule has 86 valence electrons. The normalized spacial score (nSPS) is 9.22. The number of pyridine rings is 1. The Labute approximate surface area is 105 Å². The first-order chi connectivity index (χ1) is 8.83. The Balaban J connectivity index is 2.19. The molecule has 0 bridgehead atoms. The molecule has 18 heavy (non-hydrogen) atoms. The van der Waals surface area contributed by atoms with Gasteiger partial charge in [-0.2, -0.15) is 10.5 Å². The largest absolute Gasteiger partial charge is 0.438 e. The molecule has 1 aromatic carbocycles. The Morgan fingerprint density at radius 3 is 2.56 bits per heavy atom. The lowest BCUT2D eigenvalue weighted by atomic mass is 10.2. The van der Waals surface area contributed by atoms with E-state index in [1.807, 2.05) is 18.2 Å². The van der Waals surface area contributed by atoms with E-state index in [0.29, 0.717) is 17.7 Å². The molecule has 2 aromatic rings. The highest BCUT2D eigenvalue weighted by Gasteiger charge is 2.04. The van der Waals surface area contributed by atoms with E-state index in [1.165, 1.54) is 0 Å². The quantitative estimate of drug-likeness (QED) is 0.820. The third-order valence-corrected chi connectivity index (χ3v) is 2.31. The van der Waals surface area contributed by atoms with Crippen molar-refractivity contribution in [1.29, 1.82) is 10.5 Å². The third kappa shape index (κ3) is 2.63. The van der Waals surface area contributed by atoms with Crippen LogP contribution in [-0.4, -0.2) is 4.98 Å². The van der Waals surface area contributed by atoms with Gasteiger partial charge in [-0.3, -0.25) is 0 Å². The Bertz CT molecular complexity index is 621. The summed E-state index contributed by atoms with van der Waals surface area (Å²) in [5, 5.41) is 17.5. The van der Waals surface area contributed by atoms with E-state index in [1.54, 1.807) is 30.5 Å². The minimum absolute atomic E-state index is 0.285. The van der Waals surface area contributed by atoms with Crippen molar-refractivity contribution in [2.75, 3.05) is 0 Å². The van der Waals surface area contributed by atoms with Crippen LogP contribution in [0.5, 0.6) is 11.6 Å². The van der Waals surface area contributed by atoms with Gasteiger partial charge in [0.15, 0.2) is 0 Å². The van der Waals surface area contributed by atoms with Gasteiger partial charge in [0.1, 0.15) is 17.4 Å². The van der Waals surface area contributed by atoms with Crippen LogP contribution < -0.4 is 4.74 Å². The number of benzene rings is 1. The number of aromatic nitrogens is 1. The summed E-state index contributed by atoms with van der Waals surface area (Å²) >= 11 is 0. The van der Waals surface area contributed by atoms with E-state index in [0.717, 1.165) is 5.56 Å². The molecule has 0 aliphatic carbocycles. The van der Waals surface area contributed by atoms with E-state index in [-0.39, 0.29) is 5.88 Å². The highest BCUT2D eigenvalue weighted by molar-refractivity contribution is 5.40. The summed E-state index contributed by atoms with van der Waals surface area (Å²) in [6.45, 7) is 0. The summed E-state index contributed by atoms with van der Waals surface area (Å²) in [6, 6.07) is 14.6. The summed E-state index contributed by atoms with van der Waals surface area (Å²) in [7, 11) is 0. The second-order valence-electron chi connectivity index (χ2n) is 3.55. The maximum atomic E-state index is 8.90. The van der Waals surface area contributed by atoms with Crippen molar-refractivity contribution in [2.45, 2.75) is 6.42 Å². The van der Waals surface area contributed by atoms with E-state index in [2.05, 4.69) is 11.1 Å². The Hall–Kier alpha value is -2.85. The fourth-order valence-corrected chi connectivity index (χ4v) is 1.44. The first kappa shape index (κ1) is 11.6. The molecule has 0 amide bonds. The second kappa shape index (κ2) is 5.47. The number of rotatable bonds is 3. The summed E-state index contributed by atoms with van der Waals surface area (Å²) < 4.78 is 5.52. The van der Waals surface area contributed by atoms with Gasteiger partial charge in [0.05, 0.1) is 12.5 Å². The predicted octanol–water partition coefficient (Wildman–Crippen LogP) is 2.81. The first-order valence-electron chi connectivity index (χ1n) is 5.32. The Morgan fingerprint density at radius 2 is 1.89 bits per heavy atom. The van der Waals surface area contributed by atoms with Crippen LogP contribution in [0.1, 0.15) is 11.1 Å². The van der Waals surface area contributed by atoms with Crippen molar-refractivity contribution in [3.63, 3.8) is 0 Å². The fraction of sp³-hybridized carbons (Fsp3) is 0.0714. The molecule has 1 heterocycles. The van der Waals surface area contributed by atoms with Gasteiger partial charge in [0, 0.05) is 6.20 Å². The highest BCUT2D eigenvalue weighted by Crippen LogP contribution is 2.22. The van der Waals surface area contributed by atoms with Crippen LogP contribution in [0.15, 0.2) is 42.6 Å². The van der Waals surface area contributed by atoms with Gasteiger partial charge in [-0.05, 0) is 29.8 Å². The van der Waals surface area contributed by atoms with Crippen molar-refractivity contribution in [2.24, 2.45) is 0 Å². The Morgan fingerprint density at radius 1 is 1.11 bits per heavy atom. The summed E-state index contributed by atoms with van der Waals surface area (Å²) in [5.74, 6) is 0.875. The molecule has 2 rings (SSSR count). The number of nitrogens with zero attached hydrogens (tertiary/aromatic N) is 3. The molecule has 4 heteroatoms. The van der Waals surface area contributed by atoms with Crippen LogP contribution in [0.2, 0.25) is 0 Å². The topological polar surface area (TPSA) is 69.7 Å². The minimum Gasteiger partial charge on any atom is -0.438 e. The van der Waals surface area contributed by atoms with Gasteiger partial charge in [0.25, 0.3) is 0 Å². The SMILES string of the molecule is N#CCc1ccc(Oc2ncccc2C#N)cc1. The molecule has 4 nitrogen and oxygen atoms in total. The van der Waals surface area contributed by atoms with Crippen LogP contribution in [0.25, 0.3) is 0 Å². The van der Waals surface area contributed by atoms with E-state index in [9.17, 15) is 0 Å². The molecule has 0 saturated carbocycles. The molecule has 0 aliphatic heterocycles. The number of hydrogen-bond donors (Lipinski definition) is 0. The lowest BCUT2D eigenvalue weighted by Crippen LogP contribution is -1.91. The molecule has 0 spiro atoms. The van der Waals surface area contributed by atoms with Gasteiger partial charge in [-0.1, -0.05) is 12.1 Å². The smallest absolute Gasteiger partial charge is 0.237 e. The summed E-state index contributed by atoms with van der Waals surface area (Å²) in [5.41, 5.74) is 1.31. The van der Waals surface area contributed by atoms with Crippen LogP contribution in [0, 0.1) is 22.7 Å². The predicted molar refractivity (Wildman–Crippen MR) is 64.8 cm³/mol. The van der Waals surface area contributed by atoms with Crippen LogP contribution in [-0.2, 0) is 6.42 Å². The molecule has 0 aliphatic rings. The highest BCUT2D eigenvalue weighted by atomic mass is 16.5. The van der Waals surface area contributed by atoms with Gasteiger partial charge < -0.3 is 4.74 Å². The standard InChI is InChI=1S/C14H9N3O/c15-8-7-11-3-5-13(6-4-11)18-14-12(10-16)2-1-9-17-14/h1-6,9H,7H2. The summed E-state index contributed by atoms with van der Waals surface area (Å²) in [6.07, 6.45) is 1.94. The minimum atomic E-state index is 0.285. The van der Waals surface area contributed by atoms with Gasteiger partial charge in [-0.15, -0.1) is 0 Å². The summed E-state index contributed by atoms with van der Waals surface area (Å²) in [4.78, 5) is 4.01. The van der Waals surface area contributed by atoms with Crippen molar-refractivity contribution >= 4 is 0 Å². The number of nitriles is 2. The van der Waals surface area contributed by atoms with Crippen LogP contribution in [0.4, 0.5) is 0 Å². The lowest BCUT2D eigenvalue weighted by Gasteiger charge is -2.05.